The SMILES string of the molecule is COc1cccc(/C=[N+]2\N=C([O-])C(NC(=O)c3ccc(F)cc3)C2c2ccc(C)cc2)c1. The Kier molecular flexibility index (Phi) is 5.98. The van der Waals surface area contributed by atoms with Crippen LogP contribution in [-0.2, 0) is 0 Å². The number of methoxy groups -OCH3 is 1. The number of amides is 1. The van der Waals surface area contributed by atoms with Crippen LogP contribution < -0.4 is 15.2 Å². The van der Waals surface area contributed by atoms with Crippen LogP contribution in [0.5, 0.6) is 5.75 Å². The highest BCUT2D eigenvalue weighted by atomic mass is 19.1. The molecule has 1 heterocycles. The Morgan fingerprint density at radius 1 is 1.12 bits per heavy atom. The van der Waals surface area contributed by atoms with Gasteiger partial charge in [0.1, 0.15) is 17.6 Å². The van der Waals surface area contributed by atoms with E-state index in [9.17, 15) is 14.3 Å². The molecule has 0 bridgehead atoms. The Labute approximate surface area is 185 Å². The third-order valence-corrected chi connectivity index (χ3v) is 5.27. The number of hydrogen-bond donors (Lipinski definition) is 1. The lowest BCUT2D eigenvalue weighted by molar-refractivity contribution is -0.565. The van der Waals surface area contributed by atoms with Crippen molar-refractivity contribution in [2.75, 3.05) is 7.11 Å². The number of benzene rings is 3. The van der Waals surface area contributed by atoms with E-state index in [1.807, 2.05) is 55.5 Å². The molecule has 0 aromatic heterocycles. The zero-order chi connectivity index (χ0) is 22.7. The number of nitrogens with one attached hydrogen (secondary N) is 1. The summed E-state index contributed by atoms with van der Waals surface area (Å²) in [4.78, 5) is 12.8. The van der Waals surface area contributed by atoms with Crippen LogP contribution in [0.3, 0.4) is 0 Å². The van der Waals surface area contributed by atoms with Gasteiger partial charge in [-0.25, -0.2) is 4.39 Å². The van der Waals surface area contributed by atoms with E-state index in [0.717, 1.165) is 16.7 Å². The van der Waals surface area contributed by atoms with Gasteiger partial charge in [-0.3, -0.25) is 4.79 Å². The minimum absolute atomic E-state index is 0.261. The maximum Gasteiger partial charge on any atom is 0.252 e. The second-order valence-electron chi connectivity index (χ2n) is 7.54. The molecule has 32 heavy (non-hydrogen) atoms. The van der Waals surface area contributed by atoms with E-state index in [-0.39, 0.29) is 5.56 Å². The normalized spacial score (nSPS) is 19.0. The lowest BCUT2D eigenvalue weighted by atomic mass is 9.98. The molecule has 1 aliphatic rings. The van der Waals surface area contributed by atoms with E-state index < -0.39 is 29.7 Å². The van der Waals surface area contributed by atoms with Crippen molar-refractivity contribution in [2.24, 2.45) is 5.10 Å². The Balaban J connectivity index is 1.70. The Morgan fingerprint density at radius 2 is 1.84 bits per heavy atom. The lowest BCUT2D eigenvalue weighted by Gasteiger charge is -2.20. The molecule has 7 heteroatoms. The molecule has 4 rings (SSSR count). The fourth-order valence-electron chi connectivity index (χ4n) is 3.59. The summed E-state index contributed by atoms with van der Waals surface area (Å²) in [7, 11) is 1.58. The van der Waals surface area contributed by atoms with Crippen molar-refractivity contribution in [1.29, 1.82) is 0 Å². The number of hydrogen-bond acceptors (Lipinski definition) is 4. The van der Waals surface area contributed by atoms with Gasteiger partial charge in [0, 0.05) is 16.7 Å². The summed E-state index contributed by atoms with van der Waals surface area (Å²) in [5, 5.41) is 19.8. The van der Waals surface area contributed by atoms with Gasteiger partial charge >= 0.3 is 0 Å². The first-order valence-electron chi connectivity index (χ1n) is 10.1. The molecule has 0 radical (unpaired) electrons. The largest absolute Gasteiger partial charge is 0.856 e. The van der Waals surface area contributed by atoms with Gasteiger partial charge in [-0.2, -0.15) is 0 Å². The minimum atomic E-state index is -0.905. The highest BCUT2D eigenvalue weighted by Gasteiger charge is 2.41. The molecule has 162 valence electrons. The number of nitrogens with zero attached hydrogens (tertiary/aromatic N) is 2. The van der Waals surface area contributed by atoms with E-state index in [1.54, 1.807) is 18.0 Å². The van der Waals surface area contributed by atoms with Crippen molar-refractivity contribution >= 4 is 18.0 Å². The number of aryl methyl sites for hydroxylation is 1. The fourth-order valence-corrected chi connectivity index (χ4v) is 3.59. The van der Waals surface area contributed by atoms with Gasteiger partial charge in [-0.1, -0.05) is 40.6 Å². The smallest absolute Gasteiger partial charge is 0.252 e. The first-order valence-corrected chi connectivity index (χ1v) is 10.1. The van der Waals surface area contributed by atoms with Crippen LogP contribution in [0.15, 0.2) is 77.9 Å². The predicted molar refractivity (Wildman–Crippen MR) is 117 cm³/mol. The average Bonchev–Trinajstić information content (AvgIpc) is 3.09. The average molecular weight is 431 g/mol. The first kappa shape index (κ1) is 21.2. The van der Waals surface area contributed by atoms with Crippen molar-refractivity contribution in [2.45, 2.75) is 19.0 Å². The lowest BCUT2D eigenvalue weighted by Crippen LogP contribution is -2.47. The van der Waals surface area contributed by atoms with Crippen LogP contribution in [0.1, 0.15) is 33.1 Å². The molecule has 2 unspecified atom stereocenters. The van der Waals surface area contributed by atoms with Gasteiger partial charge < -0.3 is 15.2 Å². The van der Waals surface area contributed by atoms with Crippen molar-refractivity contribution in [1.82, 2.24) is 5.32 Å². The van der Waals surface area contributed by atoms with E-state index in [2.05, 4.69) is 10.4 Å². The number of carbonyl (C=O) groups excluding carboxylic acids is 1. The van der Waals surface area contributed by atoms with Crippen molar-refractivity contribution < 1.29 is 23.7 Å². The van der Waals surface area contributed by atoms with Gasteiger partial charge in [0.05, 0.1) is 13.0 Å². The second kappa shape index (κ2) is 9.01. The molecule has 0 spiro atoms. The van der Waals surface area contributed by atoms with E-state index in [1.165, 1.54) is 24.3 Å². The highest BCUT2D eigenvalue weighted by molar-refractivity contribution is 5.97. The number of carbonyl (C=O) groups is 1. The van der Waals surface area contributed by atoms with Gasteiger partial charge in [0.2, 0.25) is 12.3 Å². The molecule has 0 saturated heterocycles. The monoisotopic (exact) mass is 431 g/mol. The maximum atomic E-state index is 13.2. The fraction of sp³-hybridized carbons (Fsp3) is 0.160. The Morgan fingerprint density at radius 3 is 2.53 bits per heavy atom. The van der Waals surface area contributed by atoms with Crippen LogP contribution >= 0.6 is 0 Å². The molecule has 0 fully saturated rings. The summed E-state index contributed by atoms with van der Waals surface area (Å²) in [5.74, 6) is -0.702. The third-order valence-electron chi connectivity index (χ3n) is 5.27. The zero-order valence-corrected chi connectivity index (χ0v) is 17.7. The summed E-state index contributed by atoms with van der Waals surface area (Å²) >= 11 is 0. The summed E-state index contributed by atoms with van der Waals surface area (Å²) in [5.41, 5.74) is 2.96. The van der Waals surface area contributed by atoms with Crippen molar-refractivity contribution in [3.05, 3.63) is 101 Å². The predicted octanol–water partition coefficient (Wildman–Crippen LogP) is 2.80. The Bertz CT molecular complexity index is 1190. The second-order valence-corrected chi connectivity index (χ2v) is 7.54. The van der Waals surface area contributed by atoms with Gasteiger partial charge in [0.15, 0.2) is 0 Å². The Hall–Kier alpha value is -4.00. The summed E-state index contributed by atoms with van der Waals surface area (Å²) in [6.45, 7) is 1.97. The standard InChI is InChI=1S/C25H22FN3O3/c1-16-6-8-18(9-7-16)23-22(27-24(30)19-10-12-20(26)13-11-19)25(31)28-29(23)15-17-4-3-5-21(14-17)32-2/h3-15,22-23H,1-2H3,(H-,27,28,30,31)/b29-15-. The van der Waals surface area contributed by atoms with Crippen LogP contribution in [0, 0.1) is 12.7 Å². The quantitative estimate of drug-likeness (QED) is 0.631. The molecule has 1 amide bonds. The van der Waals surface area contributed by atoms with Gasteiger partial charge in [-0.05, 0) is 54.5 Å². The van der Waals surface area contributed by atoms with Crippen LogP contribution in [-0.4, -0.2) is 35.9 Å². The summed E-state index contributed by atoms with van der Waals surface area (Å²) in [6, 6.07) is 18.8. The number of halogens is 1. The topological polar surface area (TPSA) is 76.8 Å². The van der Waals surface area contributed by atoms with Crippen LogP contribution in [0.4, 0.5) is 4.39 Å². The summed E-state index contributed by atoms with van der Waals surface area (Å²) in [6.07, 6.45) is 1.75. The molecule has 1 N–H and O–H groups in total. The molecular formula is C25H22FN3O3. The molecule has 6 nitrogen and oxygen atoms in total. The van der Waals surface area contributed by atoms with E-state index in [0.29, 0.717) is 5.75 Å². The van der Waals surface area contributed by atoms with E-state index >= 15 is 0 Å². The molecule has 3 aromatic carbocycles. The molecule has 0 saturated carbocycles. The summed E-state index contributed by atoms with van der Waals surface area (Å²) < 4.78 is 20.1. The molecule has 1 aliphatic heterocycles. The number of hydrazone groups is 1. The van der Waals surface area contributed by atoms with Crippen molar-refractivity contribution in [3.63, 3.8) is 0 Å². The molecule has 0 aliphatic carbocycles. The van der Waals surface area contributed by atoms with Crippen molar-refractivity contribution in [3.8, 4) is 5.75 Å². The molecular weight excluding hydrogens is 409 g/mol. The number of rotatable bonds is 5. The third kappa shape index (κ3) is 4.51. The van der Waals surface area contributed by atoms with Gasteiger partial charge in [-0.15, -0.1) is 0 Å². The molecule has 3 aromatic rings. The van der Waals surface area contributed by atoms with Crippen LogP contribution in [0.2, 0.25) is 0 Å². The maximum absolute atomic E-state index is 13.2. The molecule has 2 atom stereocenters. The first-order chi connectivity index (χ1) is 15.4. The minimum Gasteiger partial charge on any atom is -0.856 e. The number of ether oxygens (including phenoxy) is 1. The highest BCUT2D eigenvalue weighted by Crippen LogP contribution is 2.27. The van der Waals surface area contributed by atoms with Crippen LogP contribution in [0.25, 0.3) is 0 Å². The van der Waals surface area contributed by atoms with E-state index in [4.69, 9.17) is 4.74 Å². The zero-order valence-electron chi connectivity index (χ0n) is 17.7. The van der Waals surface area contributed by atoms with Gasteiger partial charge in [0.25, 0.3) is 5.91 Å².